The predicted octanol–water partition coefficient (Wildman–Crippen LogP) is 11.2. The second-order valence-corrected chi connectivity index (χ2v) is 12.3. The third-order valence-electron chi connectivity index (χ3n) is 8.58. The fraction of sp³-hybridized carbons (Fsp3) is 0. The van der Waals surface area contributed by atoms with Crippen LogP contribution < -0.4 is 0 Å². The minimum Gasteiger partial charge on any atom is -0.264 e. The molecule has 3 nitrogen and oxygen atoms in total. The average Bonchev–Trinajstić information content (AvgIpc) is 3.49. The maximum Gasteiger partial charge on any atom is 0.161 e. The number of thiophene rings is 1. The van der Waals surface area contributed by atoms with Crippen molar-refractivity contribution in [2.75, 3.05) is 0 Å². The van der Waals surface area contributed by atoms with E-state index in [1.807, 2.05) is 23.6 Å². The highest BCUT2D eigenvalue weighted by Crippen LogP contribution is 2.40. The van der Waals surface area contributed by atoms with Crippen LogP contribution in [-0.4, -0.2) is 15.0 Å². The molecule has 3 aromatic heterocycles. The van der Waals surface area contributed by atoms with Gasteiger partial charge in [0.1, 0.15) is 0 Å². The Labute approximate surface area is 264 Å². The summed E-state index contributed by atoms with van der Waals surface area (Å²) in [5, 5.41) is 7.34. The summed E-state index contributed by atoms with van der Waals surface area (Å²) >= 11 is 1.83. The van der Waals surface area contributed by atoms with Gasteiger partial charge in [-0.25, -0.2) is 9.97 Å². The molecule has 9 rings (SSSR count). The van der Waals surface area contributed by atoms with Crippen molar-refractivity contribution >= 4 is 53.1 Å². The zero-order chi connectivity index (χ0) is 29.7. The molecule has 45 heavy (non-hydrogen) atoms. The number of hydrogen-bond donors (Lipinski definition) is 0. The van der Waals surface area contributed by atoms with Crippen molar-refractivity contribution in [2.45, 2.75) is 0 Å². The molecule has 0 unspecified atom stereocenters. The van der Waals surface area contributed by atoms with Crippen LogP contribution in [0.25, 0.3) is 86.7 Å². The van der Waals surface area contributed by atoms with E-state index in [0.717, 1.165) is 39.2 Å². The zero-order valence-corrected chi connectivity index (χ0v) is 25.0. The summed E-state index contributed by atoms with van der Waals surface area (Å²) in [6, 6.07) is 49.4. The molecule has 0 N–H and O–H groups in total. The van der Waals surface area contributed by atoms with Crippen molar-refractivity contribution in [3.05, 3.63) is 152 Å². The van der Waals surface area contributed by atoms with Crippen LogP contribution in [0.15, 0.2) is 152 Å². The Balaban J connectivity index is 1.34. The van der Waals surface area contributed by atoms with Crippen LogP contribution in [0.4, 0.5) is 0 Å². The molecule has 0 atom stereocenters. The Morgan fingerprint density at radius 1 is 0.422 bits per heavy atom. The topological polar surface area (TPSA) is 38.7 Å². The minimum absolute atomic E-state index is 0.689. The van der Waals surface area contributed by atoms with Crippen molar-refractivity contribution < 1.29 is 0 Å². The van der Waals surface area contributed by atoms with Crippen LogP contribution >= 0.6 is 11.3 Å². The van der Waals surface area contributed by atoms with Gasteiger partial charge >= 0.3 is 0 Å². The highest BCUT2D eigenvalue weighted by atomic mass is 32.1. The first kappa shape index (κ1) is 25.8. The fourth-order valence-electron chi connectivity index (χ4n) is 6.46. The van der Waals surface area contributed by atoms with Gasteiger partial charge in [0.15, 0.2) is 5.82 Å². The molecule has 0 saturated carbocycles. The van der Waals surface area contributed by atoms with Gasteiger partial charge in [0.05, 0.1) is 11.4 Å². The second-order valence-electron chi connectivity index (χ2n) is 11.2. The van der Waals surface area contributed by atoms with E-state index >= 15 is 0 Å². The van der Waals surface area contributed by atoms with Crippen molar-refractivity contribution in [3.63, 3.8) is 0 Å². The standard InChI is InChI=1S/C41H25N3S/c1-2-12-29-26(10-1)22-35(32-15-5-4-14-31(29)32)38-24-37(27-19-20-40-36(23-27)33-16-7-8-18-39(33)45-40)43-41(44-38)34-17-6-3-13-30(34)28-11-9-21-42-25-28/h1-25H. The summed E-state index contributed by atoms with van der Waals surface area (Å²) in [4.78, 5) is 15.0. The third-order valence-corrected chi connectivity index (χ3v) is 9.73. The van der Waals surface area contributed by atoms with Gasteiger partial charge in [-0.1, -0.05) is 103 Å². The largest absolute Gasteiger partial charge is 0.264 e. The average molecular weight is 592 g/mol. The molecule has 3 heterocycles. The Morgan fingerprint density at radius 2 is 1.13 bits per heavy atom. The second kappa shape index (κ2) is 10.5. The molecular formula is C41H25N3S. The lowest BCUT2D eigenvalue weighted by molar-refractivity contribution is 1.19. The molecule has 0 fully saturated rings. The third kappa shape index (κ3) is 4.38. The molecule has 9 aromatic rings. The van der Waals surface area contributed by atoms with E-state index in [4.69, 9.17) is 9.97 Å². The maximum absolute atomic E-state index is 5.32. The van der Waals surface area contributed by atoms with E-state index < -0.39 is 0 Å². The first-order valence-corrected chi connectivity index (χ1v) is 15.8. The Bertz CT molecular complexity index is 2550. The van der Waals surface area contributed by atoms with E-state index in [1.54, 1.807) is 6.20 Å². The summed E-state index contributed by atoms with van der Waals surface area (Å²) in [6.07, 6.45) is 3.70. The van der Waals surface area contributed by atoms with Gasteiger partial charge in [0, 0.05) is 54.8 Å². The van der Waals surface area contributed by atoms with Crippen molar-refractivity contribution in [1.29, 1.82) is 0 Å². The highest BCUT2D eigenvalue weighted by molar-refractivity contribution is 7.25. The van der Waals surface area contributed by atoms with Gasteiger partial charge in [0.2, 0.25) is 0 Å². The van der Waals surface area contributed by atoms with Crippen LogP contribution in [0.3, 0.4) is 0 Å². The van der Waals surface area contributed by atoms with E-state index in [1.165, 1.54) is 41.7 Å². The number of hydrogen-bond acceptors (Lipinski definition) is 4. The molecule has 0 bridgehead atoms. The van der Waals surface area contributed by atoms with Crippen LogP contribution in [0.2, 0.25) is 0 Å². The van der Waals surface area contributed by atoms with Crippen LogP contribution in [0.5, 0.6) is 0 Å². The lowest BCUT2D eigenvalue weighted by Crippen LogP contribution is -1.98. The molecule has 0 saturated heterocycles. The molecular weight excluding hydrogens is 567 g/mol. The predicted molar refractivity (Wildman–Crippen MR) is 189 cm³/mol. The molecule has 210 valence electrons. The molecule has 0 aliphatic carbocycles. The van der Waals surface area contributed by atoms with Crippen LogP contribution in [0, 0.1) is 0 Å². The maximum atomic E-state index is 5.32. The summed E-state index contributed by atoms with van der Waals surface area (Å²) in [5.74, 6) is 0.689. The van der Waals surface area contributed by atoms with Crippen LogP contribution in [-0.2, 0) is 0 Å². The molecule has 0 radical (unpaired) electrons. The Morgan fingerprint density at radius 3 is 2.00 bits per heavy atom. The quantitative estimate of drug-likeness (QED) is 0.191. The normalized spacial score (nSPS) is 11.6. The van der Waals surface area contributed by atoms with Gasteiger partial charge < -0.3 is 0 Å². The number of pyridine rings is 1. The van der Waals surface area contributed by atoms with Crippen molar-refractivity contribution in [3.8, 4) is 45.0 Å². The first-order valence-electron chi connectivity index (χ1n) is 15.0. The Hall–Kier alpha value is -5.71. The number of aromatic nitrogens is 3. The number of fused-ring (bicyclic) bond motifs is 6. The zero-order valence-electron chi connectivity index (χ0n) is 24.2. The monoisotopic (exact) mass is 591 g/mol. The number of benzene rings is 6. The molecule has 0 aliphatic heterocycles. The van der Waals surface area contributed by atoms with Crippen LogP contribution in [0.1, 0.15) is 0 Å². The van der Waals surface area contributed by atoms with Gasteiger partial charge in [-0.15, -0.1) is 11.3 Å². The SMILES string of the molecule is c1cncc(-c2ccccc2-c2nc(-c3ccc4sc5ccccc5c4c3)cc(-c3cc4ccccc4c4ccccc34)n2)c1. The molecule has 0 spiro atoms. The van der Waals surface area contributed by atoms with Crippen molar-refractivity contribution in [2.24, 2.45) is 0 Å². The van der Waals surface area contributed by atoms with Gasteiger partial charge in [-0.3, -0.25) is 4.98 Å². The lowest BCUT2D eigenvalue weighted by Gasteiger charge is -2.15. The van der Waals surface area contributed by atoms with E-state index in [2.05, 4.69) is 138 Å². The lowest BCUT2D eigenvalue weighted by atomic mass is 9.94. The summed E-state index contributed by atoms with van der Waals surface area (Å²) in [7, 11) is 0. The smallest absolute Gasteiger partial charge is 0.161 e. The van der Waals surface area contributed by atoms with Gasteiger partial charge in [-0.2, -0.15) is 0 Å². The highest BCUT2D eigenvalue weighted by Gasteiger charge is 2.17. The fourth-order valence-corrected chi connectivity index (χ4v) is 7.54. The van der Waals surface area contributed by atoms with E-state index in [0.29, 0.717) is 5.82 Å². The van der Waals surface area contributed by atoms with Crippen molar-refractivity contribution in [1.82, 2.24) is 15.0 Å². The van der Waals surface area contributed by atoms with E-state index in [9.17, 15) is 0 Å². The summed E-state index contributed by atoms with van der Waals surface area (Å²) < 4.78 is 2.57. The minimum atomic E-state index is 0.689. The molecule has 0 aliphatic rings. The van der Waals surface area contributed by atoms with Gasteiger partial charge in [0.25, 0.3) is 0 Å². The first-order chi connectivity index (χ1) is 22.3. The molecule has 4 heteroatoms. The summed E-state index contributed by atoms with van der Waals surface area (Å²) in [5.41, 5.74) is 7.01. The van der Waals surface area contributed by atoms with E-state index in [-0.39, 0.29) is 0 Å². The molecule has 0 amide bonds. The molecule has 6 aromatic carbocycles. The Kier molecular flexibility index (Phi) is 6.00. The number of rotatable bonds is 4. The number of nitrogens with zero attached hydrogens (tertiary/aromatic N) is 3. The van der Waals surface area contributed by atoms with Gasteiger partial charge in [-0.05, 0) is 63.5 Å². The summed E-state index contributed by atoms with van der Waals surface area (Å²) in [6.45, 7) is 0.